The van der Waals surface area contributed by atoms with Crippen LogP contribution in [-0.4, -0.2) is 10.1 Å². The Balaban J connectivity index is 1.15. The van der Waals surface area contributed by atoms with E-state index >= 15 is 0 Å². The Labute approximate surface area is 272 Å². The smallest absolute Gasteiger partial charge is 0.107 e. The largest absolute Gasteiger partial charge is 0.360 e. The van der Waals surface area contributed by atoms with E-state index in [-0.39, 0.29) is 17.7 Å². The molecule has 6 unspecified atom stereocenters. The standard InChI is InChI=1S/C42H42FNS/c1-3-26-18-20-34-35-24-28(30-21-22-36(43)33-15-9-14-32(30)33)19-23-39(35)45-42(34)40(26)41-25(2)29-12-6-7-16-37(29)44(41)38-17-8-11-27-10-4-5-13-31(27)38/h4-6,9-10,12-13,15,18-25,32-33,35,38-39,41H,3,7-8,11,14,16-17H2,1-2H3/t25-,32?,33?,35?,38?,39?,41?/m0/s1. The number of benzene rings is 2. The lowest BCUT2D eigenvalue weighted by Gasteiger charge is -2.43. The SMILES string of the molecule is CCc1ccc2c(c1C1[C@@H](C)C3=C(CCC=C3)N1C1CCCc3ccccc31)SC1C=CC(C3=CC=C(F)C4C=CCC34)=CC21. The van der Waals surface area contributed by atoms with Crippen LogP contribution in [0.3, 0.4) is 0 Å². The summed E-state index contributed by atoms with van der Waals surface area (Å²) in [7, 11) is 0. The van der Waals surface area contributed by atoms with Crippen molar-refractivity contribution >= 4 is 11.8 Å². The molecule has 2 aliphatic heterocycles. The molecule has 0 aromatic heterocycles. The lowest BCUT2D eigenvalue weighted by atomic mass is 9.76. The second kappa shape index (κ2) is 10.9. The third-order valence-electron chi connectivity index (χ3n) is 11.9. The van der Waals surface area contributed by atoms with Crippen molar-refractivity contribution in [1.29, 1.82) is 0 Å². The second-order valence-corrected chi connectivity index (χ2v) is 15.2. The van der Waals surface area contributed by atoms with Crippen molar-refractivity contribution in [3.05, 3.63) is 147 Å². The molecule has 3 heteroatoms. The average molecular weight is 612 g/mol. The normalized spacial score (nSPS) is 32.5. The Bertz CT molecular complexity index is 1800. The van der Waals surface area contributed by atoms with Crippen LogP contribution in [-0.2, 0) is 12.8 Å². The van der Waals surface area contributed by atoms with Crippen LogP contribution in [0.25, 0.3) is 0 Å². The molecule has 0 fully saturated rings. The van der Waals surface area contributed by atoms with Gasteiger partial charge in [-0.2, -0.15) is 0 Å². The molecule has 2 aromatic rings. The highest BCUT2D eigenvalue weighted by Crippen LogP contribution is 2.59. The maximum Gasteiger partial charge on any atom is 0.107 e. The van der Waals surface area contributed by atoms with Gasteiger partial charge in [0.15, 0.2) is 0 Å². The minimum atomic E-state index is -0.0895. The van der Waals surface area contributed by atoms with Crippen molar-refractivity contribution in [2.75, 3.05) is 0 Å². The van der Waals surface area contributed by atoms with E-state index in [4.69, 9.17) is 0 Å². The van der Waals surface area contributed by atoms with E-state index < -0.39 is 0 Å². The highest BCUT2D eigenvalue weighted by Gasteiger charge is 2.47. The molecule has 228 valence electrons. The summed E-state index contributed by atoms with van der Waals surface area (Å²) in [5.41, 5.74) is 13.5. The Hall–Kier alpha value is -3.30. The molecule has 5 aliphatic carbocycles. The number of thioether (sulfide) groups is 1. The van der Waals surface area contributed by atoms with Crippen molar-refractivity contribution in [1.82, 2.24) is 4.90 Å². The Kier molecular flexibility index (Phi) is 6.78. The minimum absolute atomic E-state index is 0.0104. The first-order valence-corrected chi connectivity index (χ1v) is 18.2. The lowest BCUT2D eigenvalue weighted by molar-refractivity contribution is 0.157. The third kappa shape index (κ3) is 4.25. The molecule has 2 heterocycles. The van der Waals surface area contributed by atoms with Crippen molar-refractivity contribution < 1.29 is 4.39 Å². The average Bonchev–Trinajstić information content (AvgIpc) is 3.79. The van der Waals surface area contributed by atoms with Gasteiger partial charge in [-0.3, -0.25) is 0 Å². The molecule has 9 rings (SSSR count). The summed E-state index contributed by atoms with van der Waals surface area (Å²) in [6.07, 6.45) is 28.1. The summed E-state index contributed by atoms with van der Waals surface area (Å²) in [5, 5.41) is 0.409. The Morgan fingerprint density at radius 1 is 0.956 bits per heavy atom. The molecule has 0 saturated heterocycles. The summed E-state index contributed by atoms with van der Waals surface area (Å²) in [5.74, 6) is 0.950. The molecule has 0 spiro atoms. The number of nitrogens with zero attached hydrogens (tertiary/aromatic N) is 1. The zero-order valence-corrected chi connectivity index (χ0v) is 27.2. The van der Waals surface area contributed by atoms with Gasteiger partial charge in [-0.05, 0) is 95.6 Å². The fourth-order valence-corrected chi connectivity index (χ4v) is 11.3. The van der Waals surface area contributed by atoms with Crippen LogP contribution in [0.2, 0.25) is 0 Å². The molecule has 0 bridgehead atoms. The molecule has 2 aromatic carbocycles. The number of halogens is 1. The summed E-state index contributed by atoms with van der Waals surface area (Å²) in [6.45, 7) is 4.85. The zero-order valence-electron chi connectivity index (χ0n) is 26.4. The molecule has 0 N–H and O–H groups in total. The van der Waals surface area contributed by atoms with E-state index in [9.17, 15) is 4.39 Å². The van der Waals surface area contributed by atoms with Crippen LogP contribution in [0.4, 0.5) is 4.39 Å². The fraction of sp³-hybridized carbons (Fsp3) is 0.381. The van der Waals surface area contributed by atoms with E-state index in [0.29, 0.717) is 29.2 Å². The van der Waals surface area contributed by atoms with E-state index in [1.165, 1.54) is 46.4 Å². The molecular weight excluding hydrogens is 570 g/mol. The number of hydrogen-bond donors (Lipinski definition) is 0. The van der Waals surface area contributed by atoms with Gasteiger partial charge in [0, 0.05) is 39.5 Å². The molecular formula is C42H42FNS. The monoisotopic (exact) mass is 611 g/mol. The minimum Gasteiger partial charge on any atom is -0.360 e. The maximum atomic E-state index is 14.7. The van der Waals surface area contributed by atoms with Gasteiger partial charge in [-0.15, -0.1) is 11.8 Å². The quantitative estimate of drug-likeness (QED) is 0.317. The van der Waals surface area contributed by atoms with Gasteiger partial charge in [-0.25, -0.2) is 4.39 Å². The molecule has 0 radical (unpaired) electrons. The molecule has 0 saturated carbocycles. The molecule has 7 atom stereocenters. The molecule has 0 amide bonds. The number of hydrogen-bond acceptors (Lipinski definition) is 2. The van der Waals surface area contributed by atoms with E-state index in [2.05, 4.69) is 116 Å². The second-order valence-electron chi connectivity index (χ2n) is 14.1. The van der Waals surface area contributed by atoms with Crippen molar-refractivity contribution in [3.63, 3.8) is 0 Å². The van der Waals surface area contributed by atoms with Crippen molar-refractivity contribution in [2.45, 2.75) is 86.9 Å². The number of fused-ring (bicyclic) bond motifs is 5. The van der Waals surface area contributed by atoms with Gasteiger partial charge in [0.2, 0.25) is 0 Å². The summed E-state index contributed by atoms with van der Waals surface area (Å²) in [6, 6.07) is 15.0. The van der Waals surface area contributed by atoms with Crippen LogP contribution in [0.5, 0.6) is 0 Å². The predicted molar refractivity (Wildman–Crippen MR) is 185 cm³/mol. The first-order valence-electron chi connectivity index (χ1n) is 17.3. The van der Waals surface area contributed by atoms with Crippen LogP contribution in [0.1, 0.15) is 91.8 Å². The predicted octanol–water partition coefficient (Wildman–Crippen LogP) is 11.0. The maximum absolute atomic E-state index is 14.7. The van der Waals surface area contributed by atoms with Crippen LogP contribution >= 0.6 is 11.8 Å². The fourth-order valence-electron chi connectivity index (χ4n) is 9.76. The van der Waals surface area contributed by atoms with Gasteiger partial charge in [0.05, 0.1) is 12.1 Å². The summed E-state index contributed by atoms with van der Waals surface area (Å²) >= 11 is 2.10. The molecule has 1 nitrogen and oxygen atoms in total. The van der Waals surface area contributed by atoms with Gasteiger partial charge in [-0.1, -0.05) is 98.9 Å². The Morgan fingerprint density at radius 3 is 2.78 bits per heavy atom. The number of allylic oxidation sites excluding steroid dienone is 12. The van der Waals surface area contributed by atoms with E-state index in [1.807, 2.05) is 0 Å². The summed E-state index contributed by atoms with van der Waals surface area (Å²) < 4.78 is 14.7. The van der Waals surface area contributed by atoms with Gasteiger partial charge in [0.25, 0.3) is 0 Å². The molecule has 7 aliphatic rings. The first kappa shape index (κ1) is 28.0. The van der Waals surface area contributed by atoms with Crippen LogP contribution < -0.4 is 0 Å². The van der Waals surface area contributed by atoms with Crippen LogP contribution in [0.15, 0.2) is 124 Å². The molecule has 45 heavy (non-hydrogen) atoms. The van der Waals surface area contributed by atoms with Gasteiger partial charge >= 0.3 is 0 Å². The zero-order chi connectivity index (χ0) is 30.2. The van der Waals surface area contributed by atoms with Gasteiger partial charge in [0.1, 0.15) is 5.83 Å². The summed E-state index contributed by atoms with van der Waals surface area (Å²) in [4.78, 5) is 4.46. The lowest BCUT2D eigenvalue weighted by Crippen LogP contribution is -2.33. The van der Waals surface area contributed by atoms with E-state index in [0.717, 1.165) is 25.7 Å². The topological polar surface area (TPSA) is 3.24 Å². The van der Waals surface area contributed by atoms with Crippen molar-refractivity contribution in [2.24, 2.45) is 17.8 Å². The Morgan fingerprint density at radius 2 is 1.87 bits per heavy atom. The highest BCUT2D eigenvalue weighted by molar-refractivity contribution is 8.00. The van der Waals surface area contributed by atoms with Crippen molar-refractivity contribution in [3.8, 4) is 0 Å². The number of aryl methyl sites for hydroxylation is 2. The highest BCUT2D eigenvalue weighted by atomic mass is 32.2. The third-order valence-corrected chi connectivity index (χ3v) is 13.3. The van der Waals surface area contributed by atoms with E-state index in [1.54, 1.807) is 34.0 Å². The number of rotatable bonds is 4. The first-order chi connectivity index (χ1) is 22.1. The van der Waals surface area contributed by atoms with Crippen LogP contribution in [0, 0.1) is 17.8 Å². The van der Waals surface area contributed by atoms with Gasteiger partial charge < -0.3 is 4.90 Å².